The molecule has 7 heteroatoms. The Morgan fingerprint density at radius 2 is 2.15 bits per heavy atom. The molecule has 0 bridgehead atoms. The van der Waals surface area contributed by atoms with Gasteiger partial charge in [0.05, 0.1) is 11.4 Å². The number of rotatable bonds is 9. The van der Waals surface area contributed by atoms with Crippen molar-refractivity contribution in [1.82, 2.24) is 19.8 Å². The van der Waals surface area contributed by atoms with Gasteiger partial charge >= 0.3 is 0 Å². The van der Waals surface area contributed by atoms with E-state index in [9.17, 15) is 8.42 Å². The van der Waals surface area contributed by atoms with Crippen LogP contribution in [-0.2, 0) is 16.6 Å². The molecule has 1 aromatic heterocycles. The molecule has 0 saturated carbocycles. The first-order valence-electron chi connectivity index (χ1n) is 6.84. The molecule has 0 saturated heterocycles. The van der Waals surface area contributed by atoms with Crippen LogP contribution in [0.4, 0.5) is 0 Å². The van der Waals surface area contributed by atoms with E-state index >= 15 is 0 Å². The predicted octanol–water partition coefficient (Wildman–Crippen LogP) is 1.41. The fraction of sp³-hybridized carbons (Fsp3) is 0.615. The van der Waals surface area contributed by atoms with Crippen LogP contribution in [-0.4, -0.2) is 42.6 Å². The third-order valence-electron chi connectivity index (χ3n) is 2.91. The quantitative estimate of drug-likeness (QED) is 0.676. The van der Waals surface area contributed by atoms with Crippen molar-refractivity contribution in [1.29, 1.82) is 0 Å². The highest BCUT2D eigenvalue weighted by Crippen LogP contribution is 2.22. The number of aromatic nitrogens is 2. The molecule has 0 amide bonds. The lowest BCUT2D eigenvalue weighted by Gasteiger charge is -2.20. The highest BCUT2D eigenvalue weighted by Gasteiger charge is 2.29. The van der Waals surface area contributed by atoms with Crippen LogP contribution < -0.4 is 5.32 Å². The van der Waals surface area contributed by atoms with Crippen molar-refractivity contribution in [3.8, 4) is 0 Å². The van der Waals surface area contributed by atoms with Gasteiger partial charge in [-0.2, -0.15) is 9.40 Å². The van der Waals surface area contributed by atoms with Gasteiger partial charge in [0.1, 0.15) is 4.90 Å². The summed E-state index contributed by atoms with van der Waals surface area (Å²) in [5, 5.41) is 9.98. The zero-order valence-corrected chi connectivity index (χ0v) is 13.3. The van der Waals surface area contributed by atoms with Crippen molar-refractivity contribution in [2.45, 2.75) is 38.6 Å². The van der Waals surface area contributed by atoms with Crippen LogP contribution in [0.5, 0.6) is 0 Å². The maximum Gasteiger partial charge on any atom is 0.247 e. The Morgan fingerprint density at radius 1 is 1.45 bits per heavy atom. The smallest absolute Gasteiger partial charge is 0.247 e. The first-order valence-corrected chi connectivity index (χ1v) is 8.28. The van der Waals surface area contributed by atoms with Gasteiger partial charge in [-0.25, -0.2) is 8.42 Å². The van der Waals surface area contributed by atoms with Gasteiger partial charge < -0.3 is 5.32 Å². The van der Waals surface area contributed by atoms with Crippen LogP contribution in [0.1, 0.15) is 31.7 Å². The summed E-state index contributed by atoms with van der Waals surface area (Å²) in [7, 11) is -3.55. The van der Waals surface area contributed by atoms with Crippen LogP contribution in [0.2, 0.25) is 0 Å². The van der Waals surface area contributed by atoms with Gasteiger partial charge in [0.2, 0.25) is 10.0 Å². The Kier molecular flexibility index (Phi) is 6.38. The zero-order chi connectivity index (χ0) is 15.2. The Bertz CT molecular complexity index is 537. The maximum atomic E-state index is 12.8. The molecule has 0 aliphatic rings. The number of H-pyrrole nitrogens is 1. The van der Waals surface area contributed by atoms with E-state index in [1.54, 1.807) is 13.0 Å². The van der Waals surface area contributed by atoms with Gasteiger partial charge in [0, 0.05) is 19.6 Å². The van der Waals surface area contributed by atoms with Crippen molar-refractivity contribution in [2.75, 3.05) is 19.6 Å². The number of hydrogen-bond acceptors (Lipinski definition) is 4. The third-order valence-corrected chi connectivity index (χ3v) is 4.98. The monoisotopic (exact) mass is 300 g/mol. The van der Waals surface area contributed by atoms with E-state index in [1.165, 1.54) is 4.31 Å². The average molecular weight is 300 g/mol. The molecular formula is C13H24N4O2S. The summed E-state index contributed by atoms with van der Waals surface area (Å²) >= 11 is 0. The summed E-state index contributed by atoms with van der Waals surface area (Å²) in [4.78, 5) is 0.286. The van der Waals surface area contributed by atoms with E-state index in [-0.39, 0.29) is 4.90 Å². The lowest BCUT2D eigenvalue weighted by Crippen LogP contribution is -2.33. The minimum Gasteiger partial charge on any atom is -0.311 e. The molecule has 0 aliphatic heterocycles. The van der Waals surface area contributed by atoms with Crippen LogP contribution in [0.15, 0.2) is 17.6 Å². The predicted molar refractivity (Wildman–Crippen MR) is 80.0 cm³/mol. The lowest BCUT2D eigenvalue weighted by molar-refractivity contribution is 0.440. The van der Waals surface area contributed by atoms with Crippen molar-refractivity contribution in [2.24, 2.45) is 0 Å². The number of aromatic amines is 1. The molecule has 1 heterocycles. The molecule has 0 aromatic carbocycles. The van der Waals surface area contributed by atoms with Gasteiger partial charge in [-0.1, -0.05) is 19.9 Å². The molecule has 0 radical (unpaired) electrons. The van der Waals surface area contributed by atoms with E-state index in [4.69, 9.17) is 0 Å². The third kappa shape index (κ3) is 3.68. The Labute approximate surface area is 121 Å². The molecule has 1 rings (SSSR count). The summed E-state index contributed by atoms with van der Waals surface area (Å²) < 4.78 is 27.0. The van der Waals surface area contributed by atoms with E-state index in [1.807, 2.05) is 13.8 Å². The first kappa shape index (κ1) is 16.9. The topological polar surface area (TPSA) is 78.1 Å². The highest BCUT2D eigenvalue weighted by atomic mass is 32.2. The van der Waals surface area contributed by atoms with Gasteiger partial charge in [-0.05, 0) is 19.9 Å². The molecule has 2 N–H and O–H groups in total. The highest BCUT2D eigenvalue weighted by molar-refractivity contribution is 7.89. The first-order chi connectivity index (χ1) is 9.48. The van der Waals surface area contributed by atoms with Crippen LogP contribution in [0, 0.1) is 6.92 Å². The maximum absolute atomic E-state index is 12.8. The van der Waals surface area contributed by atoms with Gasteiger partial charge in [0.25, 0.3) is 0 Å². The second-order valence-corrected chi connectivity index (χ2v) is 6.43. The zero-order valence-electron chi connectivity index (χ0n) is 12.4. The van der Waals surface area contributed by atoms with Crippen LogP contribution in [0.25, 0.3) is 0 Å². The molecule has 0 spiro atoms. The number of nitrogens with zero attached hydrogens (tertiary/aromatic N) is 2. The van der Waals surface area contributed by atoms with E-state index in [0.29, 0.717) is 31.0 Å². The van der Waals surface area contributed by atoms with Crippen molar-refractivity contribution < 1.29 is 8.42 Å². The van der Waals surface area contributed by atoms with Crippen LogP contribution in [0.3, 0.4) is 0 Å². The minimum absolute atomic E-state index is 0.286. The normalized spacial score (nSPS) is 12.0. The average Bonchev–Trinajstić information content (AvgIpc) is 2.78. The van der Waals surface area contributed by atoms with E-state index in [2.05, 4.69) is 22.1 Å². The summed E-state index contributed by atoms with van der Waals surface area (Å²) in [6, 6.07) is 0. The standard InChI is InChI=1S/C13H24N4O2S/c1-5-8-17(9-6-2)20(18,19)13-11(4)15-16-12(13)10-14-7-3/h5,14H,1,6-10H2,2-4H3,(H,15,16). The van der Waals surface area contributed by atoms with Crippen LogP contribution >= 0.6 is 0 Å². The second-order valence-electron chi connectivity index (χ2n) is 4.56. The number of sulfonamides is 1. The van der Waals surface area contributed by atoms with Crippen molar-refractivity contribution >= 4 is 10.0 Å². The minimum atomic E-state index is -3.55. The molecule has 6 nitrogen and oxygen atoms in total. The molecule has 0 atom stereocenters. The molecular weight excluding hydrogens is 276 g/mol. The van der Waals surface area contributed by atoms with Gasteiger partial charge in [-0.15, -0.1) is 6.58 Å². The molecule has 114 valence electrons. The molecule has 20 heavy (non-hydrogen) atoms. The lowest BCUT2D eigenvalue weighted by atomic mass is 10.3. The molecule has 0 unspecified atom stereocenters. The SMILES string of the molecule is C=CCN(CCC)S(=O)(=O)c1c(CNCC)n[nH]c1C. The van der Waals surface area contributed by atoms with E-state index < -0.39 is 10.0 Å². The largest absolute Gasteiger partial charge is 0.311 e. The fourth-order valence-electron chi connectivity index (χ4n) is 2.01. The molecule has 1 aromatic rings. The summed E-state index contributed by atoms with van der Waals surface area (Å²) in [5.41, 5.74) is 1.11. The number of nitrogens with one attached hydrogen (secondary N) is 2. The second kappa shape index (κ2) is 7.56. The number of aryl methyl sites for hydroxylation is 1. The summed E-state index contributed by atoms with van der Waals surface area (Å²) in [6.07, 6.45) is 2.36. The molecule has 0 aliphatic carbocycles. The Morgan fingerprint density at radius 3 is 2.70 bits per heavy atom. The van der Waals surface area contributed by atoms with Gasteiger partial charge in [-0.3, -0.25) is 5.10 Å². The van der Waals surface area contributed by atoms with Crippen molar-refractivity contribution in [3.63, 3.8) is 0 Å². The Balaban J connectivity index is 3.18. The summed E-state index contributed by atoms with van der Waals surface area (Å²) in [5.74, 6) is 0. The fourth-order valence-corrected chi connectivity index (χ4v) is 3.84. The van der Waals surface area contributed by atoms with E-state index in [0.717, 1.165) is 13.0 Å². The van der Waals surface area contributed by atoms with Gasteiger partial charge in [0.15, 0.2) is 0 Å². The number of hydrogen-bond donors (Lipinski definition) is 2. The summed E-state index contributed by atoms with van der Waals surface area (Å²) in [6.45, 7) is 11.3. The van der Waals surface area contributed by atoms with Crippen molar-refractivity contribution in [3.05, 3.63) is 24.0 Å². The Hall–Kier alpha value is -1.18. The molecule has 0 fully saturated rings.